The van der Waals surface area contributed by atoms with E-state index in [-0.39, 0.29) is 21.7 Å². The van der Waals surface area contributed by atoms with Crippen LogP contribution in [0.3, 0.4) is 0 Å². The molecule has 23 heavy (non-hydrogen) atoms. The molecule has 0 N–H and O–H groups in total. The van der Waals surface area contributed by atoms with Gasteiger partial charge in [-0.2, -0.15) is 0 Å². The monoisotopic (exact) mass is 444 g/mol. The Morgan fingerprint density at radius 2 is 1.83 bits per heavy atom. The minimum absolute atomic E-state index is 0.0409. The first-order chi connectivity index (χ1) is 10.9. The zero-order valence-corrected chi connectivity index (χ0v) is 17.2. The number of halogens is 2. The van der Waals surface area contributed by atoms with Crippen molar-refractivity contribution in [2.75, 3.05) is 0 Å². The standard InChI is InChI=1S/C19H26Br2O2/c1-12(2)15-10-9-13(3)16(11-15)23-19(22)18(21)17(20)14-7-5-4-6-8-14/h4-8,12-13,15-18H,9-11H2,1-3H3. The van der Waals surface area contributed by atoms with Crippen LogP contribution in [0.4, 0.5) is 0 Å². The highest BCUT2D eigenvalue weighted by molar-refractivity contribution is 9.12. The van der Waals surface area contributed by atoms with E-state index < -0.39 is 0 Å². The van der Waals surface area contributed by atoms with E-state index in [0.29, 0.717) is 17.8 Å². The molecule has 1 fully saturated rings. The number of rotatable bonds is 5. The van der Waals surface area contributed by atoms with Crippen molar-refractivity contribution in [3.63, 3.8) is 0 Å². The third-order valence-corrected chi connectivity index (χ3v) is 7.64. The maximum atomic E-state index is 12.5. The van der Waals surface area contributed by atoms with Crippen LogP contribution < -0.4 is 0 Å². The fourth-order valence-corrected chi connectivity index (χ4v) is 4.15. The summed E-state index contributed by atoms with van der Waals surface area (Å²) in [5.41, 5.74) is 1.07. The van der Waals surface area contributed by atoms with Gasteiger partial charge in [0.05, 0.1) is 4.83 Å². The molecule has 128 valence electrons. The predicted molar refractivity (Wildman–Crippen MR) is 102 cm³/mol. The summed E-state index contributed by atoms with van der Waals surface area (Å²) in [6.45, 7) is 6.72. The van der Waals surface area contributed by atoms with Crippen LogP contribution in [0.15, 0.2) is 30.3 Å². The summed E-state index contributed by atoms with van der Waals surface area (Å²) < 4.78 is 5.87. The fraction of sp³-hybridized carbons (Fsp3) is 0.632. The molecule has 0 bridgehead atoms. The molecule has 5 unspecified atom stereocenters. The summed E-state index contributed by atoms with van der Waals surface area (Å²) >= 11 is 7.13. The van der Waals surface area contributed by atoms with Crippen molar-refractivity contribution in [1.82, 2.24) is 0 Å². The minimum Gasteiger partial charge on any atom is -0.461 e. The van der Waals surface area contributed by atoms with Crippen LogP contribution in [0.1, 0.15) is 50.4 Å². The van der Waals surface area contributed by atoms with E-state index >= 15 is 0 Å². The lowest BCUT2D eigenvalue weighted by Gasteiger charge is -2.36. The normalized spacial score (nSPS) is 27.5. The van der Waals surface area contributed by atoms with Gasteiger partial charge in [0.2, 0.25) is 0 Å². The van der Waals surface area contributed by atoms with Gasteiger partial charge in [-0.05, 0) is 42.6 Å². The van der Waals surface area contributed by atoms with Crippen molar-refractivity contribution in [2.45, 2.75) is 55.8 Å². The second kappa shape index (κ2) is 8.66. The molecular formula is C19H26Br2O2. The number of hydrogen-bond acceptors (Lipinski definition) is 2. The molecule has 1 aromatic rings. The highest BCUT2D eigenvalue weighted by Gasteiger charge is 2.34. The molecule has 1 saturated carbocycles. The number of esters is 1. The lowest BCUT2D eigenvalue weighted by atomic mass is 9.76. The first-order valence-electron chi connectivity index (χ1n) is 8.43. The van der Waals surface area contributed by atoms with E-state index in [0.717, 1.165) is 18.4 Å². The Morgan fingerprint density at radius 1 is 1.17 bits per heavy atom. The molecule has 0 spiro atoms. The molecule has 2 nitrogen and oxygen atoms in total. The van der Waals surface area contributed by atoms with Gasteiger partial charge in [0.25, 0.3) is 0 Å². The molecule has 0 aromatic heterocycles. The zero-order chi connectivity index (χ0) is 17.0. The lowest BCUT2D eigenvalue weighted by molar-refractivity contribution is -0.153. The van der Waals surface area contributed by atoms with Crippen molar-refractivity contribution < 1.29 is 9.53 Å². The van der Waals surface area contributed by atoms with Gasteiger partial charge in [-0.25, -0.2) is 0 Å². The fourth-order valence-electron chi connectivity index (χ4n) is 3.22. The van der Waals surface area contributed by atoms with Crippen LogP contribution >= 0.6 is 31.9 Å². The van der Waals surface area contributed by atoms with Crippen molar-refractivity contribution in [2.24, 2.45) is 17.8 Å². The van der Waals surface area contributed by atoms with E-state index in [1.165, 1.54) is 6.42 Å². The van der Waals surface area contributed by atoms with Gasteiger partial charge >= 0.3 is 5.97 Å². The Balaban J connectivity index is 1.97. The van der Waals surface area contributed by atoms with Gasteiger partial charge in [0.1, 0.15) is 10.9 Å². The van der Waals surface area contributed by atoms with Gasteiger partial charge in [-0.3, -0.25) is 4.79 Å². The van der Waals surface area contributed by atoms with Gasteiger partial charge in [0, 0.05) is 0 Å². The zero-order valence-electron chi connectivity index (χ0n) is 14.0. The van der Waals surface area contributed by atoms with Gasteiger partial charge in [-0.15, -0.1) is 0 Å². The van der Waals surface area contributed by atoms with Crippen LogP contribution in [0.2, 0.25) is 0 Å². The molecule has 0 amide bonds. The molecule has 4 heteroatoms. The Kier molecular flexibility index (Phi) is 7.15. The van der Waals surface area contributed by atoms with Gasteiger partial charge in [0.15, 0.2) is 0 Å². The smallest absolute Gasteiger partial charge is 0.321 e. The average Bonchev–Trinajstić information content (AvgIpc) is 2.56. The van der Waals surface area contributed by atoms with Crippen LogP contribution in [0.5, 0.6) is 0 Å². The summed E-state index contributed by atoms with van der Waals surface area (Å²) in [5.74, 6) is 1.58. The molecule has 1 aliphatic carbocycles. The van der Waals surface area contributed by atoms with Crippen molar-refractivity contribution in [1.29, 1.82) is 0 Å². The molecule has 0 aliphatic heterocycles. The quantitative estimate of drug-likeness (QED) is 0.417. The maximum absolute atomic E-state index is 12.5. The highest BCUT2D eigenvalue weighted by atomic mass is 79.9. The number of carbonyl (C=O) groups excluding carboxylic acids is 1. The van der Waals surface area contributed by atoms with Gasteiger partial charge in [-0.1, -0.05) is 83.0 Å². The molecule has 0 radical (unpaired) electrons. The average molecular weight is 446 g/mol. The number of carbonyl (C=O) groups is 1. The third-order valence-electron chi connectivity index (χ3n) is 4.97. The molecule has 1 aromatic carbocycles. The topological polar surface area (TPSA) is 26.3 Å². The van der Waals surface area contributed by atoms with Crippen LogP contribution in [0.25, 0.3) is 0 Å². The second-order valence-corrected chi connectivity index (χ2v) is 8.96. The van der Waals surface area contributed by atoms with Crippen LogP contribution in [-0.4, -0.2) is 16.9 Å². The largest absolute Gasteiger partial charge is 0.461 e. The number of hydrogen-bond donors (Lipinski definition) is 0. The Bertz CT molecular complexity index is 503. The summed E-state index contributed by atoms with van der Waals surface area (Å²) in [6.07, 6.45) is 3.42. The van der Waals surface area contributed by atoms with E-state index in [1.807, 2.05) is 30.3 Å². The van der Waals surface area contributed by atoms with Crippen LogP contribution in [-0.2, 0) is 9.53 Å². The lowest BCUT2D eigenvalue weighted by Crippen LogP contribution is -2.36. The molecule has 5 atom stereocenters. The summed E-state index contributed by atoms with van der Waals surface area (Å²) in [6, 6.07) is 9.95. The molecule has 1 aliphatic rings. The van der Waals surface area contributed by atoms with E-state index in [9.17, 15) is 4.79 Å². The third kappa shape index (κ3) is 5.06. The first-order valence-corrected chi connectivity index (χ1v) is 10.3. The summed E-state index contributed by atoms with van der Waals surface area (Å²) in [5, 5.41) is 0. The predicted octanol–water partition coefficient (Wildman–Crippen LogP) is 5.89. The van der Waals surface area contributed by atoms with E-state index in [2.05, 4.69) is 52.6 Å². The molecule has 0 saturated heterocycles. The molecule has 2 rings (SSSR count). The maximum Gasteiger partial charge on any atom is 0.321 e. The molecule has 0 heterocycles. The summed E-state index contributed by atoms with van der Waals surface area (Å²) in [7, 11) is 0. The summed E-state index contributed by atoms with van der Waals surface area (Å²) in [4.78, 5) is 12.1. The van der Waals surface area contributed by atoms with E-state index in [1.54, 1.807) is 0 Å². The second-order valence-electron chi connectivity index (χ2n) is 6.98. The number of ether oxygens (including phenoxy) is 1. The molecular weight excluding hydrogens is 420 g/mol. The van der Waals surface area contributed by atoms with Crippen LogP contribution in [0, 0.1) is 17.8 Å². The van der Waals surface area contributed by atoms with Crippen molar-refractivity contribution in [3.8, 4) is 0 Å². The number of benzene rings is 1. The van der Waals surface area contributed by atoms with Gasteiger partial charge < -0.3 is 4.74 Å². The number of alkyl halides is 2. The Hall–Kier alpha value is -0.350. The minimum atomic E-state index is -0.378. The van der Waals surface area contributed by atoms with Crippen molar-refractivity contribution in [3.05, 3.63) is 35.9 Å². The van der Waals surface area contributed by atoms with E-state index in [4.69, 9.17) is 4.74 Å². The Labute approximate surface area is 156 Å². The Morgan fingerprint density at radius 3 is 2.43 bits per heavy atom. The first kappa shape index (κ1) is 19.0. The van der Waals surface area contributed by atoms with Crippen molar-refractivity contribution >= 4 is 37.8 Å². The highest BCUT2D eigenvalue weighted by Crippen LogP contribution is 2.37. The SMILES string of the molecule is CC(C)C1CCC(C)C(OC(=O)C(Br)C(Br)c2ccccc2)C1.